The van der Waals surface area contributed by atoms with E-state index in [4.69, 9.17) is 9.47 Å². The first-order valence-corrected chi connectivity index (χ1v) is 9.60. The van der Waals surface area contributed by atoms with Crippen LogP contribution in [0.15, 0.2) is 24.5 Å². The maximum absolute atomic E-state index is 5.43. The first-order valence-electron chi connectivity index (χ1n) is 9.60. The molecule has 1 aliphatic carbocycles. The van der Waals surface area contributed by atoms with Gasteiger partial charge in [0.15, 0.2) is 0 Å². The molecule has 2 aliphatic rings. The Balaban J connectivity index is 1.55. The Hall–Kier alpha value is -2.08. The Morgan fingerprint density at radius 3 is 2.50 bits per heavy atom. The number of nitrogens with zero attached hydrogens (tertiary/aromatic N) is 4. The zero-order chi connectivity index (χ0) is 17.9. The first-order chi connectivity index (χ1) is 12.8. The van der Waals surface area contributed by atoms with Gasteiger partial charge in [-0.2, -0.15) is 0 Å². The van der Waals surface area contributed by atoms with Crippen LogP contribution in [-0.2, 0) is 13.1 Å². The number of piperidine rings is 1. The van der Waals surface area contributed by atoms with Crippen LogP contribution in [0.4, 0.5) is 0 Å². The van der Waals surface area contributed by atoms with Crippen LogP contribution in [0.3, 0.4) is 0 Å². The zero-order valence-corrected chi connectivity index (χ0v) is 15.7. The summed E-state index contributed by atoms with van der Waals surface area (Å²) >= 11 is 0. The summed E-state index contributed by atoms with van der Waals surface area (Å²) in [6.45, 7) is 3.02. The zero-order valence-electron chi connectivity index (χ0n) is 15.7. The van der Waals surface area contributed by atoms with Crippen LogP contribution in [0.25, 0.3) is 0 Å². The van der Waals surface area contributed by atoms with Crippen molar-refractivity contribution in [2.24, 2.45) is 5.92 Å². The van der Waals surface area contributed by atoms with E-state index < -0.39 is 0 Å². The number of rotatable bonds is 7. The first kappa shape index (κ1) is 17.3. The van der Waals surface area contributed by atoms with Gasteiger partial charge in [0.2, 0.25) is 0 Å². The summed E-state index contributed by atoms with van der Waals surface area (Å²) in [5.41, 5.74) is 1.21. The van der Waals surface area contributed by atoms with Gasteiger partial charge in [-0.15, -0.1) is 10.2 Å². The third-order valence-electron chi connectivity index (χ3n) is 5.51. The summed E-state index contributed by atoms with van der Waals surface area (Å²) in [6, 6.07) is 6.46. The number of benzene rings is 1. The number of hydrogen-bond acceptors (Lipinski definition) is 5. The number of ether oxygens (including phenoxy) is 2. The number of likely N-dealkylation sites (tertiary alicyclic amines) is 1. The second kappa shape index (κ2) is 7.66. The molecule has 0 amide bonds. The fourth-order valence-corrected chi connectivity index (χ4v) is 3.91. The minimum absolute atomic E-state index is 0.335. The monoisotopic (exact) mass is 356 g/mol. The van der Waals surface area contributed by atoms with Crippen LogP contribution < -0.4 is 9.47 Å². The largest absolute Gasteiger partial charge is 0.497 e. The summed E-state index contributed by atoms with van der Waals surface area (Å²) in [4.78, 5) is 2.53. The predicted octanol–water partition coefficient (Wildman–Crippen LogP) is 3.43. The average Bonchev–Trinajstić information content (AvgIpc) is 3.37. The average molecular weight is 356 g/mol. The molecule has 1 saturated heterocycles. The van der Waals surface area contributed by atoms with Crippen LogP contribution in [0.1, 0.15) is 49.5 Å². The molecule has 6 heteroatoms. The maximum atomic E-state index is 5.43. The van der Waals surface area contributed by atoms with Gasteiger partial charge in [-0.1, -0.05) is 6.42 Å². The minimum atomic E-state index is 0.335. The molecule has 1 saturated carbocycles. The van der Waals surface area contributed by atoms with E-state index in [9.17, 15) is 0 Å². The van der Waals surface area contributed by atoms with Gasteiger partial charge in [-0.3, -0.25) is 4.90 Å². The lowest BCUT2D eigenvalue weighted by atomic mass is 10.00. The Labute approximate surface area is 155 Å². The van der Waals surface area contributed by atoms with Crippen molar-refractivity contribution in [3.05, 3.63) is 35.9 Å². The van der Waals surface area contributed by atoms with Crippen LogP contribution in [0, 0.1) is 5.92 Å². The Bertz CT molecular complexity index is 719. The van der Waals surface area contributed by atoms with Gasteiger partial charge in [0.25, 0.3) is 0 Å². The lowest BCUT2D eigenvalue weighted by Gasteiger charge is -2.35. The quantitative estimate of drug-likeness (QED) is 0.761. The molecule has 0 N–H and O–H groups in total. The minimum Gasteiger partial charge on any atom is -0.497 e. The van der Waals surface area contributed by atoms with E-state index in [2.05, 4.69) is 31.8 Å². The fourth-order valence-electron chi connectivity index (χ4n) is 3.91. The van der Waals surface area contributed by atoms with Gasteiger partial charge < -0.3 is 14.0 Å². The molecule has 1 atom stereocenters. The topological polar surface area (TPSA) is 52.4 Å². The van der Waals surface area contributed by atoms with Crippen LogP contribution in [-0.4, -0.2) is 40.4 Å². The summed E-state index contributed by atoms with van der Waals surface area (Å²) in [5, 5.41) is 8.72. The van der Waals surface area contributed by atoms with Crippen LogP contribution >= 0.6 is 0 Å². The molecule has 0 radical (unpaired) electrons. The molecule has 2 fully saturated rings. The van der Waals surface area contributed by atoms with Gasteiger partial charge in [-0.25, -0.2) is 0 Å². The maximum Gasteiger partial charge on any atom is 0.150 e. The predicted molar refractivity (Wildman–Crippen MR) is 99.3 cm³/mol. The second-order valence-corrected chi connectivity index (χ2v) is 7.49. The van der Waals surface area contributed by atoms with Crippen molar-refractivity contribution in [1.82, 2.24) is 19.7 Å². The summed E-state index contributed by atoms with van der Waals surface area (Å²) < 4.78 is 13.1. The molecule has 1 unspecified atom stereocenters. The van der Waals surface area contributed by atoms with E-state index in [1.807, 2.05) is 12.4 Å². The van der Waals surface area contributed by atoms with Crippen molar-refractivity contribution in [3.8, 4) is 11.5 Å². The van der Waals surface area contributed by atoms with Gasteiger partial charge >= 0.3 is 0 Å². The highest BCUT2D eigenvalue weighted by molar-refractivity contribution is 5.38. The molecule has 140 valence electrons. The lowest BCUT2D eigenvalue weighted by Crippen LogP contribution is -2.34. The molecule has 0 bridgehead atoms. The molecule has 6 nitrogen and oxygen atoms in total. The van der Waals surface area contributed by atoms with E-state index in [0.717, 1.165) is 49.3 Å². The smallest absolute Gasteiger partial charge is 0.150 e. The normalized spacial score (nSPS) is 20.9. The number of methoxy groups -OCH3 is 2. The van der Waals surface area contributed by atoms with Crippen molar-refractivity contribution in [2.75, 3.05) is 20.8 Å². The highest BCUT2D eigenvalue weighted by Crippen LogP contribution is 2.35. The third-order valence-corrected chi connectivity index (χ3v) is 5.51. The standard InChI is InChI=1S/C20H28N4O2/c1-25-17-9-16(10-18(11-17)26-2)13-23-8-4-3-5-19(23)20-22-21-14-24(20)12-15-6-7-15/h9-11,14-15,19H,3-8,12-13H2,1-2H3. The Kier molecular flexibility index (Phi) is 5.11. The fraction of sp³-hybridized carbons (Fsp3) is 0.600. The van der Waals surface area contributed by atoms with Crippen molar-refractivity contribution < 1.29 is 9.47 Å². The summed E-state index contributed by atoms with van der Waals surface area (Å²) in [6.07, 6.45) is 8.22. The molecule has 2 heterocycles. The van der Waals surface area contributed by atoms with Crippen molar-refractivity contribution in [2.45, 2.75) is 51.2 Å². The van der Waals surface area contributed by atoms with Gasteiger partial charge in [0.05, 0.1) is 20.3 Å². The van der Waals surface area contributed by atoms with Crippen molar-refractivity contribution >= 4 is 0 Å². The molecular weight excluding hydrogens is 328 g/mol. The second-order valence-electron chi connectivity index (χ2n) is 7.49. The van der Waals surface area contributed by atoms with E-state index in [1.165, 1.54) is 31.2 Å². The molecule has 1 aromatic carbocycles. The molecule has 4 rings (SSSR count). The van der Waals surface area contributed by atoms with Gasteiger partial charge in [0, 0.05) is 19.2 Å². The SMILES string of the molecule is COc1cc(CN2CCCCC2c2nncn2CC2CC2)cc(OC)c1. The van der Waals surface area contributed by atoms with E-state index in [0.29, 0.717) is 6.04 Å². The van der Waals surface area contributed by atoms with Crippen molar-refractivity contribution in [1.29, 1.82) is 0 Å². The molecule has 1 aliphatic heterocycles. The number of aromatic nitrogens is 3. The van der Waals surface area contributed by atoms with Gasteiger partial charge in [-0.05, 0) is 55.8 Å². The van der Waals surface area contributed by atoms with E-state index in [1.54, 1.807) is 14.2 Å². The highest BCUT2D eigenvalue weighted by Gasteiger charge is 2.30. The lowest BCUT2D eigenvalue weighted by molar-refractivity contribution is 0.130. The summed E-state index contributed by atoms with van der Waals surface area (Å²) in [5.74, 6) is 3.63. The molecule has 26 heavy (non-hydrogen) atoms. The Morgan fingerprint density at radius 1 is 1.04 bits per heavy atom. The molecule has 2 aromatic rings. The molecular formula is C20H28N4O2. The molecule has 1 aromatic heterocycles. The van der Waals surface area contributed by atoms with Gasteiger partial charge in [0.1, 0.15) is 23.7 Å². The van der Waals surface area contributed by atoms with Crippen molar-refractivity contribution in [3.63, 3.8) is 0 Å². The third kappa shape index (κ3) is 3.85. The van der Waals surface area contributed by atoms with Crippen LogP contribution in [0.2, 0.25) is 0 Å². The summed E-state index contributed by atoms with van der Waals surface area (Å²) in [7, 11) is 3.39. The van der Waals surface area contributed by atoms with E-state index in [-0.39, 0.29) is 0 Å². The van der Waals surface area contributed by atoms with Crippen LogP contribution in [0.5, 0.6) is 11.5 Å². The van der Waals surface area contributed by atoms with E-state index >= 15 is 0 Å². The highest BCUT2D eigenvalue weighted by atomic mass is 16.5. The number of hydrogen-bond donors (Lipinski definition) is 0. The molecule has 0 spiro atoms. The Morgan fingerprint density at radius 2 is 1.81 bits per heavy atom.